The topological polar surface area (TPSA) is 66.4 Å². The maximum absolute atomic E-state index is 10.7. The van der Waals surface area contributed by atoms with Crippen LogP contribution in [0.1, 0.15) is 62.7 Å². The van der Waals surface area contributed by atoms with Crippen molar-refractivity contribution >= 4 is 35.7 Å². The van der Waals surface area contributed by atoms with Crippen LogP contribution in [0.2, 0.25) is 0 Å². The largest absolute Gasteiger partial charge is 0.366 e. The molecule has 0 radical (unpaired) electrons. The number of aliphatic imine (C=N–C) groups is 1. The van der Waals surface area contributed by atoms with Crippen LogP contribution in [-0.4, -0.2) is 44.2 Å². The number of allylic oxidation sites excluding steroid dienone is 1. The van der Waals surface area contributed by atoms with Crippen LogP contribution in [0.4, 0.5) is 5.82 Å². The predicted octanol–water partition coefficient (Wildman–Crippen LogP) is 6.75. The molecule has 0 amide bonds. The number of aldehydes is 1. The van der Waals surface area contributed by atoms with E-state index in [-0.39, 0.29) is 0 Å². The van der Waals surface area contributed by atoms with Crippen LogP contribution in [-0.2, 0) is 0 Å². The number of rotatable bonds is 7. The molecule has 2 aromatic heterocycles. The highest BCUT2D eigenvalue weighted by atomic mass is 32.1. The maximum atomic E-state index is 10.7. The molecule has 0 aliphatic carbocycles. The van der Waals surface area contributed by atoms with E-state index >= 15 is 0 Å². The molecular formula is C26H40N4OS. The molecule has 0 atom stereocenters. The molecule has 2 aromatic rings. The van der Waals surface area contributed by atoms with E-state index in [1.54, 1.807) is 6.20 Å². The lowest BCUT2D eigenvalue weighted by atomic mass is 10.1. The first kappa shape index (κ1) is 29.4. The number of nitrogens with one attached hydrogen (secondary N) is 2. The van der Waals surface area contributed by atoms with Crippen LogP contribution < -0.4 is 10.6 Å². The van der Waals surface area contributed by atoms with Gasteiger partial charge >= 0.3 is 0 Å². The van der Waals surface area contributed by atoms with E-state index in [9.17, 15) is 4.79 Å². The number of carbonyl (C=O) groups excluding carboxylic acids is 1. The number of pyridine rings is 1. The lowest BCUT2D eigenvalue weighted by Crippen LogP contribution is -2.06. The zero-order chi connectivity index (χ0) is 24.0. The molecule has 0 fully saturated rings. The number of nitrogens with zero attached hydrogens (tertiary/aromatic N) is 2. The van der Waals surface area contributed by atoms with Crippen LogP contribution >= 0.6 is 11.3 Å². The minimum atomic E-state index is 0.748. The third-order valence-electron chi connectivity index (χ3n) is 4.01. The zero-order valence-electron chi connectivity index (χ0n) is 20.5. The van der Waals surface area contributed by atoms with Crippen molar-refractivity contribution in [2.24, 2.45) is 4.99 Å². The fraction of sp³-hybridized carbons (Fsp3) is 0.423. The smallest absolute Gasteiger partial charge is 0.160 e. The number of hydrogen-bond donors (Lipinski definition) is 2. The normalized spacial score (nSPS) is 11.3. The molecule has 0 unspecified atom stereocenters. The van der Waals surface area contributed by atoms with Gasteiger partial charge in [-0.1, -0.05) is 45.1 Å². The molecule has 0 spiro atoms. The van der Waals surface area contributed by atoms with E-state index in [1.807, 2.05) is 65.2 Å². The lowest BCUT2D eigenvalue weighted by Gasteiger charge is -2.14. The van der Waals surface area contributed by atoms with Gasteiger partial charge in [0.15, 0.2) is 6.29 Å². The predicted molar refractivity (Wildman–Crippen MR) is 144 cm³/mol. The summed E-state index contributed by atoms with van der Waals surface area (Å²) in [5.74, 6) is 0.908. The van der Waals surface area contributed by atoms with Crippen LogP contribution in [0.5, 0.6) is 0 Å². The van der Waals surface area contributed by atoms with E-state index in [2.05, 4.69) is 45.8 Å². The van der Waals surface area contributed by atoms with Gasteiger partial charge in [0.25, 0.3) is 0 Å². The molecule has 6 heteroatoms. The second-order valence-corrected chi connectivity index (χ2v) is 7.46. The molecule has 0 saturated carbocycles. The Bertz CT molecular complexity index is 811. The van der Waals surface area contributed by atoms with Gasteiger partial charge in [-0.05, 0) is 64.7 Å². The Morgan fingerprint density at radius 3 is 2.59 bits per heavy atom. The number of aromatic nitrogens is 1. The molecule has 0 saturated heterocycles. The third-order valence-corrected chi connectivity index (χ3v) is 5.06. The van der Waals surface area contributed by atoms with Crippen molar-refractivity contribution in [2.75, 3.05) is 32.0 Å². The first-order valence-corrected chi connectivity index (χ1v) is 12.2. The summed E-state index contributed by atoms with van der Waals surface area (Å²) < 4.78 is 0. The van der Waals surface area contributed by atoms with Gasteiger partial charge < -0.3 is 10.6 Å². The summed E-state index contributed by atoms with van der Waals surface area (Å²) in [6, 6.07) is 5.81. The molecule has 32 heavy (non-hydrogen) atoms. The van der Waals surface area contributed by atoms with Crippen molar-refractivity contribution in [3.8, 4) is 10.4 Å². The van der Waals surface area contributed by atoms with Gasteiger partial charge in [-0.15, -0.1) is 11.3 Å². The summed E-state index contributed by atoms with van der Waals surface area (Å²) in [5.41, 5.74) is 2.22. The van der Waals surface area contributed by atoms with Crippen LogP contribution in [0, 0.1) is 0 Å². The Labute approximate surface area is 198 Å². The summed E-state index contributed by atoms with van der Waals surface area (Å²) in [4.78, 5) is 20.9. The number of hydrogen-bond acceptors (Lipinski definition) is 6. The molecule has 2 N–H and O–H groups in total. The molecule has 0 bridgehead atoms. The number of anilines is 1. The Kier molecular flexibility index (Phi) is 18.7. The fourth-order valence-electron chi connectivity index (χ4n) is 2.59. The van der Waals surface area contributed by atoms with Gasteiger partial charge in [0.1, 0.15) is 5.82 Å². The first-order valence-electron chi connectivity index (χ1n) is 11.4. The Morgan fingerprint density at radius 2 is 2.03 bits per heavy atom. The molecule has 5 nitrogen and oxygen atoms in total. The first-order chi connectivity index (χ1) is 15.7. The van der Waals surface area contributed by atoms with Crippen LogP contribution in [0.25, 0.3) is 16.5 Å². The van der Waals surface area contributed by atoms with E-state index in [0.29, 0.717) is 0 Å². The van der Waals surface area contributed by atoms with Gasteiger partial charge in [-0.2, -0.15) is 0 Å². The Balaban J connectivity index is 0.000000539. The molecule has 176 valence electrons. The highest BCUT2D eigenvalue weighted by molar-refractivity contribution is 7.17. The fourth-order valence-corrected chi connectivity index (χ4v) is 3.45. The highest BCUT2D eigenvalue weighted by Gasteiger charge is 2.12. The number of carbonyl (C=O) groups is 1. The average molecular weight is 457 g/mol. The summed E-state index contributed by atoms with van der Waals surface area (Å²) in [6.07, 6.45) is 15.1. The highest BCUT2D eigenvalue weighted by Crippen LogP contribution is 2.34. The van der Waals surface area contributed by atoms with E-state index in [0.717, 1.165) is 59.0 Å². The summed E-state index contributed by atoms with van der Waals surface area (Å²) in [5, 5.41) is 6.25. The van der Waals surface area contributed by atoms with Crippen molar-refractivity contribution < 1.29 is 4.79 Å². The van der Waals surface area contributed by atoms with E-state index in [4.69, 9.17) is 0 Å². The minimum Gasteiger partial charge on any atom is -0.366 e. The molecule has 3 rings (SSSR count). The SMILES string of the molecule is CC.CC=NCC/C=C\C.CCCNC.O=Cc1ccc(-c2ccnc3c2C=CCN3)s1. The van der Waals surface area contributed by atoms with Crippen molar-refractivity contribution in [1.82, 2.24) is 10.3 Å². The number of thiophene rings is 1. The van der Waals surface area contributed by atoms with Crippen LogP contribution in [0.15, 0.2) is 47.6 Å². The molecule has 3 heterocycles. The quantitative estimate of drug-likeness (QED) is 0.209. The lowest BCUT2D eigenvalue weighted by molar-refractivity contribution is 0.112. The van der Waals surface area contributed by atoms with E-state index in [1.165, 1.54) is 17.8 Å². The monoisotopic (exact) mass is 456 g/mol. The maximum Gasteiger partial charge on any atom is 0.160 e. The van der Waals surface area contributed by atoms with Gasteiger partial charge in [0.2, 0.25) is 0 Å². The summed E-state index contributed by atoms with van der Waals surface area (Å²) in [7, 11) is 1.96. The molecule has 1 aliphatic rings. The van der Waals surface area contributed by atoms with Crippen LogP contribution in [0.3, 0.4) is 0 Å². The van der Waals surface area contributed by atoms with Gasteiger partial charge in [-0.25, -0.2) is 4.98 Å². The standard InChI is InChI=1S/C13H10N2OS.C7H13N.C4H11N.C2H6/c16-8-9-3-4-12(17-9)10-5-7-15-13-11(10)2-1-6-14-13;1-3-5-6-7-8-4-2;1-3-4-5-2;1-2/h1-5,7-8H,6H2,(H,14,15);3-5H,6-7H2,1-2H3;5H,3-4H2,1-2H3;1-2H3/b;5-3-,8-4?;;. The summed E-state index contributed by atoms with van der Waals surface area (Å²) >= 11 is 1.50. The van der Waals surface area contributed by atoms with Crippen molar-refractivity contribution in [3.05, 3.63) is 53.1 Å². The van der Waals surface area contributed by atoms with Gasteiger partial charge in [0.05, 0.1) is 4.88 Å². The summed E-state index contributed by atoms with van der Waals surface area (Å²) in [6.45, 7) is 13.0. The van der Waals surface area contributed by atoms with E-state index < -0.39 is 0 Å². The second-order valence-electron chi connectivity index (χ2n) is 6.35. The minimum absolute atomic E-state index is 0.748. The number of fused-ring (bicyclic) bond motifs is 1. The molecule has 0 aromatic carbocycles. The Hall–Kier alpha value is -2.57. The van der Waals surface area contributed by atoms with Crippen molar-refractivity contribution in [1.29, 1.82) is 0 Å². The van der Waals surface area contributed by atoms with Gasteiger partial charge in [0, 0.05) is 35.3 Å². The molecule has 1 aliphatic heterocycles. The Morgan fingerprint density at radius 1 is 1.25 bits per heavy atom. The zero-order valence-corrected chi connectivity index (χ0v) is 21.3. The van der Waals surface area contributed by atoms with Crippen molar-refractivity contribution in [3.63, 3.8) is 0 Å². The third kappa shape index (κ3) is 11.7. The van der Waals surface area contributed by atoms with Gasteiger partial charge in [-0.3, -0.25) is 9.79 Å². The van der Waals surface area contributed by atoms with Crippen molar-refractivity contribution in [2.45, 2.75) is 47.5 Å². The average Bonchev–Trinajstić information content (AvgIpc) is 3.33. The molecular weight excluding hydrogens is 416 g/mol. The second kappa shape index (κ2) is 20.3.